The summed E-state index contributed by atoms with van der Waals surface area (Å²) in [7, 11) is 0. The number of halogens is 2. The van der Waals surface area contributed by atoms with Crippen molar-refractivity contribution in [2.75, 3.05) is 6.61 Å². The van der Waals surface area contributed by atoms with Gasteiger partial charge in [-0.15, -0.1) is 0 Å². The number of hydrogen-bond donors (Lipinski definition) is 2. The minimum Gasteiger partial charge on any atom is -0.464 e. The zero-order chi connectivity index (χ0) is 13.0. The molecule has 0 bridgehead atoms. The molecule has 0 aliphatic heterocycles. The fourth-order valence-corrected chi connectivity index (χ4v) is 1.50. The van der Waals surface area contributed by atoms with Crippen LogP contribution in [0.5, 0.6) is 0 Å². The molecule has 17 heavy (non-hydrogen) atoms. The Morgan fingerprint density at radius 1 is 1.53 bits per heavy atom. The van der Waals surface area contributed by atoms with Crippen LogP contribution < -0.4 is 0 Å². The predicted molar refractivity (Wildman–Crippen MR) is 59.0 cm³/mol. The summed E-state index contributed by atoms with van der Waals surface area (Å²) in [4.78, 5) is 11.2. The molecule has 1 aromatic carbocycles. The van der Waals surface area contributed by atoms with Gasteiger partial charge in [0.2, 0.25) is 0 Å². The molecule has 0 amide bonds. The topological polar surface area (TPSA) is 66.8 Å². The van der Waals surface area contributed by atoms with Crippen LogP contribution >= 0.6 is 11.6 Å². The van der Waals surface area contributed by atoms with Crippen molar-refractivity contribution in [2.45, 2.75) is 19.1 Å². The van der Waals surface area contributed by atoms with Gasteiger partial charge in [0.15, 0.2) is 6.10 Å². The van der Waals surface area contributed by atoms with E-state index in [1.54, 1.807) is 6.92 Å². The highest BCUT2D eigenvalue weighted by atomic mass is 35.5. The molecule has 0 aliphatic rings. The molecule has 1 rings (SSSR count). The molecular formula is C11H12ClFO4. The Bertz CT molecular complexity index is 410. The minimum atomic E-state index is -1.80. The number of carbonyl (C=O) groups is 1. The maximum absolute atomic E-state index is 13.0. The van der Waals surface area contributed by atoms with Crippen LogP contribution in [0.1, 0.15) is 18.6 Å². The summed E-state index contributed by atoms with van der Waals surface area (Å²) in [6.07, 6.45) is -3.42. The SMILES string of the molecule is CCOC(=O)C(O)C(O)c1cc(F)ccc1Cl. The van der Waals surface area contributed by atoms with Crippen LogP contribution in [-0.2, 0) is 9.53 Å². The Labute approximate surface area is 103 Å². The molecule has 0 aliphatic carbocycles. The second-order valence-corrected chi connectivity index (χ2v) is 3.71. The Balaban J connectivity index is 2.91. The summed E-state index contributed by atoms with van der Waals surface area (Å²) in [5.74, 6) is -1.61. The molecular weight excluding hydrogens is 251 g/mol. The van der Waals surface area contributed by atoms with Crippen LogP contribution in [-0.4, -0.2) is 28.9 Å². The Hall–Kier alpha value is -1.17. The second-order valence-electron chi connectivity index (χ2n) is 3.31. The summed E-state index contributed by atoms with van der Waals surface area (Å²) in [6, 6.07) is 3.29. The summed E-state index contributed by atoms with van der Waals surface area (Å²) >= 11 is 5.73. The lowest BCUT2D eigenvalue weighted by Crippen LogP contribution is -2.30. The van der Waals surface area contributed by atoms with E-state index in [-0.39, 0.29) is 17.2 Å². The Kier molecular flexibility index (Phi) is 4.86. The third kappa shape index (κ3) is 3.39. The highest BCUT2D eigenvalue weighted by Crippen LogP contribution is 2.26. The molecule has 0 fully saturated rings. The van der Waals surface area contributed by atoms with Crippen molar-refractivity contribution in [3.05, 3.63) is 34.6 Å². The van der Waals surface area contributed by atoms with Crippen molar-refractivity contribution >= 4 is 17.6 Å². The van der Waals surface area contributed by atoms with Gasteiger partial charge in [0.1, 0.15) is 11.9 Å². The lowest BCUT2D eigenvalue weighted by molar-refractivity contribution is -0.159. The third-order valence-electron chi connectivity index (χ3n) is 2.10. The molecule has 0 spiro atoms. The van der Waals surface area contributed by atoms with Gasteiger partial charge in [0.05, 0.1) is 6.61 Å². The molecule has 0 heterocycles. The van der Waals surface area contributed by atoms with Gasteiger partial charge in [0.25, 0.3) is 0 Å². The third-order valence-corrected chi connectivity index (χ3v) is 2.45. The Morgan fingerprint density at radius 3 is 2.76 bits per heavy atom. The summed E-state index contributed by atoms with van der Waals surface area (Å²) < 4.78 is 17.5. The van der Waals surface area contributed by atoms with Gasteiger partial charge in [-0.3, -0.25) is 0 Å². The molecule has 0 saturated carbocycles. The van der Waals surface area contributed by atoms with Gasteiger partial charge in [-0.05, 0) is 25.1 Å². The minimum absolute atomic E-state index is 0.0576. The zero-order valence-electron chi connectivity index (χ0n) is 9.06. The van der Waals surface area contributed by atoms with Gasteiger partial charge in [-0.2, -0.15) is 0 Å². The van der Waals surface area contributed by atoms with E-state index in [1.165, 1.54) is 6.07 Å². The number of rotatable bonds is 4. The van der Waals surface area contributed by atoms with E-state index in [0.717, 1.165) is 12.1 Å². The molecule has 2 atom stereocenters. The standard InChI is InChI=1S/C11H12ClFO4/c1-2-17-11(16)10(15)9(14)7-5-6(13)3-4-8(7)12/h3-5,9-10,14-15H,2H2,1H3. The van der Waals surface area contributed by atoms with E-state index in [2.05, 4.69) is 4.74 Å². The first-order chi connectivity index (χ1) is 7.97. The van der Waals surface area contributed by atoms with Crippen molar-refractivity contribution in [2.24, 2.45) is 0 Å². The highest BCUT2D eigenvalue weighted by Gasteiger charge is 2.28. The average Bonchev–Trinajstić information content (AvgIpc) is 2.30. The number of carbonyl (C=O) groups excluding carboxylic acids is 1. The van der Waals surface area contributed by atoms with Gasteiger partial charge >= 0.3 is 5.97 Å². The quantitative estimate of drug-likeness (QED) is 0.806. The van der Waals surface area contributed by atoms with Crippen molar-refractivity contribution in [3.8, 4) is 0 Å². The normalized spacial score (nSPS) is 14.2. The molecule has 94 valence electrons. The van der Waals surface area contributed by atoms with Crippen LogP contribution in [0.25, 0.3) is 0 Å². The molecule has 0 aromatic heterocycles. The Morgan fingerprint density at radius 2 is 2.18 bits per heavy atom. The summed E-state index contributed by atoms with van der Waals surface area (Å²) in [5.41, 5.74) is -0.0628. The van der Waals surface area contributed by atoms with E-state index < -0.39 is 24.0 Å². The first kappa shape index (κ1) is 13.9. The molecule has 2 unspecified atom stereocenters. The van der Waals surface area contributed by atoms with Crippen molar-refractivity contribution < 1.29 is 24.1 Å². The molecule has 6 heteroatoms. The predicted octanol–water partition coefficient (Wildman–Crippen LogP) is 1.44. The number of hydrogen-bond acceptors (Lipinski definition) is 4. The second kappa shape index (κ2) is 5.95. The average molecular weight is 263 g/mol. The number of benzene rings is 1. The first-order valence-electron chi connectivity index (χ1n) is 4.95. The fraction of sp³-hybridized carbons (Fsp3) is 0.364. The molecule has 0 radical (unpaired) electrons. The van der Waals surface area contributed by atoms with Crippen LogP contribution in [0, 0.1) is 5.82 Å². The van der Waals surface area contributed by atoms with E-state index in [1.807, 2.05) is 0 Å². The maximum Gasteiger partial charge on any atom is 0.338 e. The van der Waals surface area contributed by atoms with Gasteiger partial charge < -0.3 is 14.9 Å². The highest BCUT2D eigenvalue weighted by molar-refractivity contribution is 6.31. The monoisotopic (exact) mass is 262 g/mol. The van der Waals surface area contributed by atoms with Crippen LogP contribution in [0.15, 0.2) is 18.2 Å². The molecule has 4 nitrogen and oxygen atoms in total. The van der Waals surface area contributed by atoms with Gasteiger partial charge in [-0.25, -0.2) is 9.18 Å². The van der Waals surface area contributed by atoms with Crippen molar-refractivity contribution in [1.82, 2.24) is 0 Å². The number of aliphatic hydroxyl groups excluding tert-OH is 2. The smallest absolute Gasteiger partial charge is 0.338 e. The largest absolute Gasteiger partial charge is 0.464 e. The van der Waals surface area contributed by atoms with Crippen molar-refractivity contribution in [3.63, 3.8) is 0 Å². The number of aliphatic hydroxyl groups is 2. The number of ether oxygens (including phenoxy) is 1. The fourth-order valence-electron chi connectivity index (χ4n) is 1.27. The summed E-state index contributed by atoms with van der Waals surface area (Å²) in [6.45, 7) is 1.63. The van der Waals surface area contributed by atoms with E-state index >= 15 is 0 Å². The number of esters is 1. The van der Waals surface area contributed by atoms with Crippen LogP contribution in [0.3, 0.4) is 0 Å². The molecule has 1 aromatic rings. The van der Waals surface area contributed by atoms with E-state index in [0.29, 0.717) is 0 Å². The van der Waals surface area contributed by atoms with E-state index in [4.69, 9.17) is 11.6 Å². The van der Waals surface area contributed by atoms with Gasteiger partial charge in [0, 0.05) is 10.6 Å². The molecule has 2 N–H and O–H groups in total. The lowest BCUT2D eigenvalue weighted by atomic mass is 10.0. The van der Waals surface area contributed by atoms with Crippen LogP contribution in [0.2, 0.25) is 5.02 Å². The van der Waals surface area contributed by atoms with E-state index in [9.17, 15) is 19.4 Å². The summed E-state index contributed by atoms with van der Waals surface area (Å²) in [5, 5.41) is 19.2. The van der Waals surface area contributed by atoms with Crippen molar-refractivity contribution in [1.29, 1.82) is 0 Å². The van der Waals surface area contributed by atoms with Crippen LogP contribution in [0.4, 0.5) is 4.39 Å². The lowest BCUT2D eigenvalue weighted by Gasteiger charge is -2.17. The maximum atomic E-state index is 13.0. The molecule has 0 saturated heterocycles. The van der Waals surface area contributed by atoms with Gasteiger partial charge in [-0.1, -0.05) is 11.6 Å². The zero-order valence-corrected chi connectivity index (χ0v) is 9.82. The first-order valence-corrected chi connectivity index (χ1v) is 5.33.